The molecule has 2 aromatic heterocycles. The first-order chi connectivity index (χ1) is 7.44. The van der Waals surface area contributed by atoms with Gasteiger partial charge in [0.05, 0.1) is 0 Å². The van der Waals surface area contributed by atoms with Crippen molar-refractivity contribution in [1.82, 2.24) is 5.16 Å². The number of rotatable bonds is 3. The molecule has 0 aromatic carbocycles. The van der Waals surface area contributed by atoms with Crippen molar-refractivity contribution in [2.45, 2.75) is 12.7 Å². The highest BCUT2D eigenvalue weighted by atomic mass is 35.7. The van der Waals surface area contributed by atoms with Crippen molar-refractivity contribution in [3.8, 4) is 11.3 Å². The summed E-state index contributed by atoms with van der Waals surface area (Å²) in [6.07, 6.45) is 0. The Morgan fingerprint density at radius 3 is 2.81 bits per heavy atom. The molecule has 0 aliphatic rings. The highest BCUT2D eigenvalue weighted by molar-refractivity contribution is 8.13. The molecular weight excluding hydrogens is 270 g/mol. The molecule has 86 valence electrons. The molecule has 2 aromatic rings. The van der Waals surface area contributed by atoms with Crippen LogP contribution < -0.4 is 0 Å². The molecule has 0 amide bonds. The fourth-order valence-electron chi connectivity index (χ4n) is 1.27. The fourth-order valence-corrected chi connectivity index (χ4v) is 2.78. The van der Waals surface area contributed by atoms with Crippen molar-refractivity contribution in [1.29, 1.82) is 0 Å². The van der Waals surface area contributed by atoms with Gasteiger partial charge in [0.2, 0.25) is 9.05 Å². The van der Waals surface area contributed by atoms with Crippen molar-refractivity contribution in [3.63, 3.8) is 0 Å². The molecule has 0 atom stereocenters. The van der Waals surface area contributed by atoms with Gasteiger partial charge in [-0.05, 0) is 13.0 Å². The Morgan fingerprint density at radius 2 is 2.25 bits per heavy atom. The summed E-state index contributed by atoms with van der Waals surface area (Å²) in [7, 11) is 1.53. The lowest BCUT2D eigenvalue weighted by molar-refractivity contribution is 0.426. The molecule has 0 aliphatic carbocycles. The van der Waals surface area contributed by atoms with Crippen molar-refractivity contribution < 1.29 is 12.9 Å². The molecule has 0 radical (unpaired) electrons. The molecule has 0 aliphatic heterocycles. The minimum Gasteiger partial charge on any atom is -0.356 e. The largest absolute Gasteiger partial charge is 0.356 e. The molecule has 16 heavy (non-hydrogen) atoms. The summed E-state index contributed by atoms with van der Waals surface area (Å²) in [5.41, 5.74) is 1.21. The third-order valence-electron chi connectivity index (χ3n) is 1.89. The lowest BCUT2D eigenvalue weighted by atomic mass is 10.2. The van der Waals surface area contributed by atoms with Gasteiger partial charge >= 0.3 is 0 Å². The predicted molar refractivity (Wildman–Crippen MR) is 63.0 cm³/mol. The maximum Gasteiger partial charge on any atom is 0.238 e. The van der Waals surface area contributed by atoms with Crippen LogP contribution in [0.3, 0.4) is 0 Å². The number of halogens is 1. The van der Waals surface area contributed by atoms with Gasteiger partial charge in [-0.3, -0.25) is 0 Å². The highest BCUT2D eigenvalue weighted by Gasteiger charge is 2.13. The van der Waals surface area contributed by atoms with E-state index in [2.05, 4.69) is 5.16 Å². The number of hydrogen-bond donors (Lipinski definition) is 0. The average molecular weight is 278 g/mol. The van der Waals surface area contributed by atoms with Crippen LogP contribution in [0.25, 0.3) is 11.3 Å². The Balaban J connectivity index is 2.26. The van der Waals surface area contributed by atoms with E-state index in [0.717, 1.165) is 10.4 Å². The smallest absolute Gasteiger partial charge is 0.238 e. The van der Waals surface area contributed by atoms with E-state index >= 15 is 0 Å². The molecule has 2 heterocycles. The monoisotopic (exact) mass is 277 g/mol. The van der Waals surface area contributed by atoms with E-state index in [-0.39, 0.29) is 5.75 Å². The van der Waals surface area contributed by atoms with E-state index in [1.165, 1.54) is 0 Å². The summed E-state index contributed by atoms with van der Waals surface area (Å²) >= 11 is 1.59. The molecule has 0 fully saturated rings. The van der Waals surface area contributed by atoms with Gasteiger partial charge in [-0.15, -0.1) is 11.3 Å². The molecule has 0 spiro atoms. The molecule has 4 nitrogen and oxygen atoms in total. The summed E-state index contributed by atoms with van der Waals surface area (Å²) in [5.74, 6) is 0.237. The third kappa shape index (κ3) is 2.84. The Kier molecular flexibility index (Phi) is 3.05. The van der Waals surface area contributed by atoms with Crippen LogP contribution in [0.15, 0.2) is 22.0 Å². The molecular formula is C9H8ClNO3S2. The Hall–Kier alpha value is -0.850. The number of aryl methyl sites for hydroxylation is 1. The molecule has 0 saturated carbocycles. The van der Waals surface area contributed by atoms with Crippen molar-refractivity contribution in [2.75, 3.05) is 0 Å². The van der Waals surface area contributed by atoms with Crippen LogP contribution in [0, 0.1) is 6.92 Å². The minimum absolute atomic E-state index is 0.314. The normalized spacial score (nSPS) is 11.9. The van der Waals surface area contributed by atoms with Crippen LogP contribution in [0.1, 0.15) is 10.6 Å². The van der Waals surface area contributed by atoms with E-state index in [9.17, 15) is 8.42 Å². The third-order valence-corrected chi connectivity index (χ3v) is 3.72. The van der Waals surface area contributed by atoms with Gasteiger partial charge in [0, 0.05) is 32.6 Å². The van der Waals surface area contributed by atoms with E-state index in [1.54, 1.807) is 17.4 Å². The highest BCUT2D eigenvalue weighted by Crippen LogP contribution is 2.26. The zero-order chi connectivity index (χ0) is 11.8. The number of hydrogen-bond acceptors (Lipinski definition) is 5. The van der Waals surface area contributed by atoms with Crippen LogP contribution in [-0.2, 0) is 14.8 Å². The van der Waals surface area contributed by atoms with E-state index in [4.69, 9.17) is 15.2 Å². The second-order valence-electron chi connectivity index (χ2n) is 3.31. The summed E-state index contributed by atoms with van der Waals surface area (Å²) in [6.45, 7) is 1.98. The Labute approximate surface area is 101 Å². The summed E-state index contributed by atoms with van der Waals surface area (Å²) in [6, 6.07) is 3.53. The van der Waals surface area contributed by atoms with Gasteiger partial charge in [-0.2, -0.15) is 0 Å². The molecule has 7 heteroatoms. The molecule has 2 rings (SSSR count). The number of nitrogens with zero attached hydrogens (tertiary/aromatic N) is 1. The van der Waals surface area contributed by atoms with Crippen LogP contribution >= 0.6 is 22.0 Å². The first kappa shape index (κ1) is 11.6. The van der Waals surface area contributed by atoms with E-state index < -0.39 is 9.05 Å². The Bertz CT molecular complexity index is 600. The first-order valence-electron chi connectivity index (χ1n) is 4.37. The lowest BCUT2D eigenvalue weighted by Gasteiger charge is -1.87. The number of thiophene rings is 1. The predicted octanol–water partition coefficient (Wildman–Crippen LogP) is 2.78. The van der Waals surface area contributed by atoms with Crippen molar-refractivity contribution >= 4 is 31.1 Å². The summed E-state index contributed by atoms with van der Waals surface area (Å²) in [4.78, 5) is 1.15. The molecule has 0 bridgehead atoms. The van der Waals surface area contributed by atoms with Gasteiger partial charge < -0.3 is 4.52 Å². The SMILES string of the molecule is Cc1cc(-c2cc(CS(=O)(=O)Cl)no2)cs1. The topological polar surface area (TPSA) is 60.2 Å². The first-order valence-corrected chi connectivity index (χ1v) is 7.73. The zero-order valence-electron chi connectivity index (χ0n) is 8.31. The van der Waals surface area contributed by atoms with Gasteiger partial charge in [0.1, 0.15) is 11.4 Å². The number of aromatic nitrogens is 1. The van der Waals surface area contributed by atoms with E-state index in [1.807, 2.05) is 18.4 Å². The Morgan fingerprint density at radius 1 is 1.50 bits per heavy atom. The second-order valence-corrected chi connectivity index (χ2v) is 7.20. The van der Waals surface area contributed by atoms with Crippen LogP contribution in [-0.4, -0.2) is 13.6 Å². The fraction of sp³-hybridized carbons (Fsp3) is 0.222. The average Bonchev–Trinajstić information content (AvgIpc) is 2.71. The molecule has 0 saturated heterocycles. The van der Waals surface area contributed by atoms with Gasteiger partial charge in [0.25, 0.3) is 0 Å². The van der Waals surface area contributed by atoms with Crippen LogP contribution in [0.5, 0.6) is 0 Å². The van der Waals surface area contributed by atoms with Crippen LogP contribution in [0.2, 0.25) is 0 Å². The maximum atomic E-state index is 10.8. The molecule has 0 N–H and O–H groups in total. The van der Waals surface area contributed by atoms with Gasteiger partial charge in [0.15, 0.2) is 5.76 Å². The second kappa shape index (κ2) is 4.20. The van der Waals surface area contributed by atoms with Crippen molar-refractivity contribution in [2.24, 2.45) is 0 Å². The van der Waals surface area contributed by atoms with Gasteiger partial charge in [-0.1, -0.05) is 5.16 Å². The minimum atomic E-state index is -3.59. The summed E-state index contributed by atoms with van der Waals surface area (Å²) in [5, 5.41) is 5.58. The standard InChI is InChI=1S/C9H8ClNO3S2/c1-6-2-7(4-15-6)9-3-8(11-14-9)5-16(10,12)13/h2-4H,5H2,1H3. The zero-order valence-corrected chi connectivity index (χ0v) is 10.7. The molecule has 0 unspecified atom stereocenters. The maximum absolute atomic E-state index is 10.8. The summed E-state index contributed by atoms with van der Waals surface area (Å²) < 4.78 is 26.7. The van der Waals surface area contributed by atoms with Crippen LogP contribution in [0.4, 0.5) is 0 Å². The van der Waals surface area contributed by atoms with Gasteiger partial charge in [-0.25, -0.2) is 8.42 Å². The van der Waals surface area contributed by atoms with E-state index in [0.29, 0.717) is 11.5 Å². The van der Waals surface area contributed by atoms with Crippen molar-refractivity contribution in [3.05, 3.63) is 28.1 Å². The lowest BCUT2D eigenvalue weighted by Crippen LogP contribution is -1.94. The quantitative estimate of drug-likeness (QED) is 0.810.